The van der Waals surface area contributed by atoms with Gasteiger partial charge in [0.05, 0.1) is 0 Å². The first-order chi connectivity index (χ1) is 28.3. The molecule has 0 amide bonds. The van der Waals surface area contributed by atoms with Crippen LogP contribution in [0, 0.1) is 0 Å². The molecule has 0 radical (unpaired) electrons. The summed E-state index contributed by atoms with van der Waals surface area (Å²) in [6.45, 7) is 0. The number of aromatic nitrogens is 3. The molecule has 0 N–H and O–H groups in total. The number of rotatable bonds is 5. The molecule has 8 aromatic carbocycles. The molecule has 1 aliphatic heterocycles. The van der Waals surface area contributed by atoms with Crippen LogP contribution in [0.15, 0.2) is 200 Å². The summed E-state index contributed by atoms with van der Waals surface area (Å²) in [6, 6.07) is 73.3. The molecule has 0 unspecified atom stereocenters. The van der Waals surface area contributed by atoms with E-state index in [0.29, 0.717) is 0 Å². The van der Waals surface area contributed by atoms with Crippen LogP contribution >= 0.6 is 11.3 Å². The van der Waals surface area contributed by atoms with Gasteiger partial charge in [-0.15, -0.1) is 0 Å². The van der Waals surface area contributed by atoms with Gasteiger partial charge in [-0.3, -0.25) is 0 Å². The summed E-state index contributed by atoms with van der Waals surface area (Å²) in [5.41, 5.74) is 8.88. The van der Waals surface area contributed by atoms with Gasteiger partial charge in [-0.25, -0.2) is 0 Å². The van der Waals surface area contributed by atoms with Crippen LogP contribution in [0.1, 0.15) is 0 Å². The van der Waals surface area contributed by atoms with E-state index in [1.807, 2.05) is 11.3 Å². The molecule has 266 valence electrons. The maximum atomic E-state index is 5.66. The average Bonchev–Trinajstić information content (AvgIpc) is 3.93. The van der Waals surface area contributed by atoms with E-state index in [1.165, 1.54) is 65.1 Å². The molecule has 0 spiro atoms. The molecule has 5 heteroatoms. The third-order valence-corrected chi connectivity index (χ3v) is 23.2. The van der Waals surface area contributed by atoms with Crippen LogP contribution in [-0.2, 0) is 0 Å². The predicted octanol–water partition coefficient (Wildman–Crippen LogP) is 10.6. The number of fused-ring (bicyclic) bond motifs is 10. The Labute approximate surface area is 336 Å². The second-order valence-electron chi connectivity index (χ2n) is 14.8. The van der Waals surface area contributed by atoms with E-state index in [0.717, 1.165) is 34.0 Å². The molecule has 0 saturated carbocycles. The molecular weight excluding hydrogens is 771 g/mol. The van der Waals surface area contributed by atoms with Crippen molar-refractivity contribution in [2.45, 2.75) is 0 Å². The standard InChI is InChI=1S/C52H33GeN3S/c1-4-17-34(18-5-1)52-54-50(49-51(55-52)39-25-10-13-28-42(39)53(49,36-20-6-2-7-21-36)37-22-8-3-9-23-37)35-19-16-24-38(33-35)56-43-29-14-11-26-40(43)47-44(56)31-32-46-48(47)41-27-12-15-30-45(41)57-46/h1-33H. The van der Waals surface area contributed by atoms with Gasteiger partial charge < -0.3 is 0 Å². The second kappa shape index (κ2) is 12.7. The molecule has 0 bridgehead atoms. The Morgan fingerprint density at radius 1 is 0.439 bits per heavy atom. The quantitative estimate of drug-likeness (QED) is 0.162. The van der Waals surface area contributed by atoms with Crippen LogP contribution in [0.25, 0.3) is 81.6 Å². The predicted molar refractivity (Wildman–Crippen MR) is 243 cm³/mol. The van der Waals surface area contributed by atoms with Gasteiger partial charge in [-0.05, 0) is 0 Å². The van der Waals surface area contributed by atoms with Gasteiger partial charge in [0.1, 0.15) is 0 Å². The van der Waals surface area contributed by atoms with Gasteiger partial charge in [0.25, 0.3) is 0 Å². The Hall–Kier alpha value is -6.60. The van der Waals surface area contributed by atoms with Crippen molar-refractivity contribution >= 4 is 84.2 Å². The summed E-state index contributed by atoms with van der Waals surface area (Å²) in [4.78, 5) is 11.2. The summed E-state index contributed by atoms with van der Waals surface area (Å²) in [5, 5.41) is 5.22. The summed E-state index contributed by atoms with van der Waals surface area (Å²) >= 11 is -1.85. The zero-order chi connectivity index (χ0) is 37.5. The van der Waals surface area contributed by atoms with E-state index >= 15 is 0 Å². The van der Waals surface area contributed by atoms with E-state index in [2.05, 4.69) is 205 Å². The number of para-hydroxylation sites is 1. The third kappa shape index (κ3) is 4.72. The first-order valence-electron chi connectivity index (χ1n) is 19.4. The maximum absolute atomic E-state index is 5.66. The van der Waals surface area contributed by atoms with Crippen molar-refractivity contribution in [3.05, 3.63) is 200 Å². The van der Waals surface area contributed by atoms with Crippen molar-refractivity contribution in [1.29, 1.82) is 0 Å². The number of hydrogen-bond donors (Lipinski definition) is 0. The number of benzene rings is 8. The second-order valence-corrected chi connectivity index (χ2v) is 23.7. The van der Waals surface area contributed by atoms with Gasteiger partial charge in [-0.1, -0.05) is 6.07 Å². The van der Waals surface area contributed by atoms with Crippen molar-refractivity contribution in [2.24, 2.45) is 0 Å². The van der Waals surface area contributed by atoms with Crippen LogP contribution in [0.3, 0.4) is 0 Å². The molecule has 57 heavy (non-hydrogen) atoms. The fourth-order valence-corrected chi connectivity index (χ4v) is 21.7. The van der Waals surface area contributed by atoms with Gasteiger partial charge in [0.15, 0.2) is 0 Å². The van der Waals surface area contributed by atoms with Gasteiger partial charge >= 0.3 is 332 Å². The van der Waals surface area contributed by atoms with E-state index in [4.69, 9.17) is 9.97 Å². The fraction of sp³-hybridized carbons (Fsp3) is 0. The number of thiophene rings is 1. The summed E-state index contributed by atoms with van der Waals surface area (Å²) in [5.74, 6) is 0.743. The van der Waals surface area contributed by atoms with Crippen LogP contribution in [0.5, 0.6) is 0 Å². The Bertz CT molecular complexity index is 3310. The minimum atomic E-state index is -3.72. The molecule has 0 saturated heterocycles. The molecule has 11 aromatic rings. The fourth-order valence-electron chi connectivity index (χ4n) is 9.57. The van der Waals surface area contributed by atoms with Crippen molar-refractivity contribution in [3.8, 4) is 39.6 Å². The summed E-state index contributed by atoms with van der Waals surface area (Å²) in [6.07, 6.45) is 0. The molecule has 3 nitrogen and oxygen atoms in total. The van der Waals surface area contributed by atoms with E-state index in [1.54, 1.807) is 0 Å². The van der Waals surface area contributed by atoms with Gasteiger partial charge in [0, 0.05) is 0 Å². The van der Waals surface area contributed by atoms with Crippen molar-refractivity contribution in [2.75, 3.05) is 0 Å². The number of hydrogen-bond acceptors (Lipinski definition) is 3. The zero-order valence-corrected chi connectivity index (χ0v) is 33.7. The first kappa shape index (κ1) is 32.6. The molecule has 4 heterocycles. The van der Waals surface area contributed by atoms with Gasteiger partial charge in [0.2, 0.25) is 0 Å². The van der Waals surface area contributed by atoms with E-state index in [9.17, 15) is 0 Å². The first-order valence-corrected chi connectivity index (χ1v) is 24.4. The SMILES string of the molecule is c1ccc(-c2nc(-c3cccc(-n4c5ccccc5c5c6c(ccc54)sc4ccccc46)c3)[c]3c(n2)-c2cccc[c]2[Ge]3([c]2ccccc2)[c]2ccccc2)cc1. The Morgan fingerprint density at radius 3 is 1.86 bits per heavy atom. The van der Waals surface area contributed by atoms with Crippen molar-refractivity contribution in [3.63, 3.8) is 0 Å². The Balaban J connectivity index is 1.19. The summed E-state index contributed by atoms with van der Waals surface area (Å²) in [7, 11) is 0. The normalized spacial score (nSPS) is 13.1. The zero-order valence-electron chi connectivity index (χ0n) is 30.8. The topological polar surface area (TPSA) is 30.7 Å². The van der Waals surface area contributed by atoms with Crippen LogP contribution in [0.4, 0.5) is 0 Å². The molecule has 0 aliphatic carbocycles. The van der Waals surface area contributed by atoms with Crippen molar-refractivity contribution in [1.82, 2.24) is 14.5 Å². The molecule has 3 aromatic heterocycles. The van der Waals surface area contributed by atoms with Crippen molar-refractivity contribution < 1.29 is 0 Å². The molecular formula is C52H33GeN3S. The van der Waals surface area contributed by atoms with Crippen LogP contribution in [0.2, 0.25) is 0 Å². The monoisotopic (exact) mass is 805 g/mol. The van der Waals surface area contributed by atoms with Gasteiger partial charge in [-0.2, -0.15) is 0 Å². The Morgan fingerprint density at radius 2 is 1.07 bits per heavy atom. The minimum absolute atomic E-state index is 0.743. The number of nitrogens with zero attached hydrogens (tertiary/aromatic N) is 3. The summed E-state index contributed by atoms with van der Waals surface area (Å²) < 4.78 is 10.5. The average molecular weight is 805 g/mol. The van der Waals surface area contributed by atoms with E-state index < -0.39 is 13.3 Å². The third-order valence-electron chi connectivity index (χ3n) is 11.9. The Kier molecular flexibility index (Phi) is 7.28. The molecule has 0 fully saturated rings. The van der Waals surface area contributed by atoms with Crippen LogP contribution in [-0.4, -0.2) is 27.8 Å². The van der Waals surface area contributed by atoms with E-state index in [-0.39, 0.29) is 0 Å². The molecule has 12 rings (SSSR count). The van der Waals surface area contributed by atoms with Crippen LogP contribution < -0.4 is 17.6 Å². The molecule has 1 aliphatic rings. The molecule has 0 atom stereocenters.